The molecule has 0 radical (unpaired) electrons. The number of aryl methyl sites for hydroxylation is 1. The lowest BCUT2D eigenvalue weighted by atomic mass is 9.99. The van der Waals surface area contributed by atoms with Gasteiger partial charge in [0.1, 0.15) is 0 Å². The topological polar surface area (TPSA) is 135 Å². The Labute approximate surface area is 363 Å². The van der Waals surface area contributed by atoms with E-state index in [9.17, 15) is 18.5 Å². The number of hydrogen-bond donors (Lipinski definition) is 2. The summed E-state index contributed by atoms with van der Waals surface area (Å²) in [7, 11) is -4.04. The molecule has 10 rings (SSSR count). The minimum atomic E-state index is -4.04. The first-order valence-corrected chi connectivity index (χ1v) is 22.1. The second kappa shape index (κ2) is 15.8. The van der Waals surface area contributed by atoms with Crippen LogP contribution in [0.1, 0.15) is 46.1 Å². The van der Waals surface area contributed by atoms with Crippen molar-refractivity contribution in [2.45, 2.75) is 24.0 Å². The van der Waals surface area contributed by atoms with Gasteiger partial charge in [-0.25, -0.2) is 18.4 Å². The maximum absolute atomic E-state index is 14.2. The van der Waals surface area contributed by atoms with Crippen molar-refractivity contribution < 1.29 is 13.3 Å². The molecule has 2 N–H and O–H groups in total. The van der Waals surface area contributed by atoms with Crippen molar-refractivity contribution in [2.24, 2.45) is 0 Å². The number of nitro groups is 1. The van der Waals surface area contributed by atoms with E-state index in [-0.39, 0.29) is 16.1 Å². The summed E-state index contributed by atoms with van der Waals surface area (Å²) in [5.74, 6) is 0. The van der Waals surface area contributed by atoms with Crippen molar-refractivity contribution >= 4 is 61.9 Å². The summed E-state index contributed by atoms with van der Waals surface area (Å²) in [5, 5.41) is 11.4. The molecule has 2 aliphatic heterocycles. The number of nitrogens with one attached hydrogen (secondary N) is 2. The first kappa shape index (κ1) is 39.2. The number of nitrogens with zero attached hydrogens (tertiary/aromatic N) is 3. The molecule has 2 aliphatic rings. The summed E-state index contributed by atoms with van der Waals surface area (Å²) in [6, 6.07) is 49.7. The lowest BCUT2D eigenvalue weighted by Crippen LogP contribution is -2.12. The maximum Gasteiger partial charge on any atom is 0.273 e. The molecule has 5 aromatic carbocycles. The van der Waals surface area contributed by atoms with Gasteiger partial charge < -0.3 is 9.97 Å². The summed E-state index contributed by atoms with van der Waals surface area (Å²) < 4.78 is 28.3. The molecule has 8 bridgehead atoms. The van der Waals surface area contributed by atoms with Gasteiger partial charge in [-0.2, -0.15) is 0 Å². The van der Waals surface area contributed by atoms with E-state index in [4.69, 9.17) is 9.97 Å². The molecule has 0 saturated heterocycles. The smallest absolute Gasteiger partial charge is 0.273 e. The van der Waals surface area contributed by atoms with Crippen LogP contribution in [0, 0.1) is 17.0 Å². The molecule has 9 nitrogen and oxygen atoms in total. The number of H-pyrrole nitrogens is 2. The van der Waals surface area contributed by atoms with Crippen LogP contribution >= 0.6 is 0 Å². The van der Waals surface area contributed by atoms with Gasteiger partial charge in [0.2, 0.25) is 0 Å². The summed E-state index contributed by atoms with van der Waals surface area (Å²) in [6.45, 7) is 3.38. The van der Waals surface area contributed by atoms with Gasteiger partial charge in [-0.05, 0) is 109 Å². The van der Waals surface area contributed by atoms with Crippen molar-refractivity contribution in [2.75, 3.05) is 0 Å². The van der Waals surface area contributed by atoms with Crippen molar-refractivity contribution in [3.63, 3.8) is 0 Å². The fraction of sp³-hybridized carbons (Fsp3) is 0.0566. The van der Waals surface area contributed by atoms with Crippen LogP contribution in [0.4, 0.5) is 5.69 Å². The quantitative estimate of drug-likeness (QED) is 0.116. The van der Waals surface area contributed by atoms with E-state index >= 15 is 0 Å². The highest BCUT2D eigenvalue weighted by molar-refractivity contribution is 7.91. The monoisotopic (exact) mass is 841 g/mol. The molecule has 0 aliphatic carbocycles. The van der Waals surface area contributed by atoms with E-state index in [1.54, 1.807) is 36.4 Å². The van der Waals surface area contributed by atoms with E-state index in [1.165, 1.54) is 13.0 Å². The molecule has 63 heavy (non-hydrogen) atoms. The van der Waals surface area contributed by atoms with Crippen LogP contribution in [-0.4, -0.2) is 33.3 Å². The molecule has 1 unspecified atom stereocenters. The van der Waals surface area contributed by atoms with Gasteiger partial charge in [0.15, 0.2) is 9.84 Å². The number of sulfone groups is 1. The van der Waals surface area contributed by atoms with Crippen LogP contribution in [0.3, 0.4) is 0 Å². The van der Waals surface area contributed by atoms with Crippen LogP contribution in [0.15, 0.2) is 163 Å². The highest BCUT2D eigenvalue weighted by Gasteiger charge is 2.32. The van der Waals surface area contributed by atoms with Gasteiger partial charge in [0.05, 0.1) is 37.8 Å². The predicted octanol–water partition coefficient (Wildman–Crippen LogP) is 13.1. The molecule has 306 valence electrons. The van der Waals surface area contributed by atoms with Crippen molar-refractivity contribution in [3.8, 4) is 44.5 Å². The van der Waals surface area contributed by atoms with Gasteiger partial charge in [0.25, 0.3) is 5.69 Å². The zero-order valence-corrected chi connectivity index (χ0v) is 35.1. The zero-order chi connectivity index (χ0) is 43.2. The molecule has 0 fully saturated rings. The standard InChI is InChI=1S/C53H39N5O4S/c1-33-18-21-39(22-19-33)63(61,62)34(2)40-32-38(20-31-49(40)58(59)60)53-47-29-27-45(56-47)51(36-14-8-4-9-15-36)43-25-23-41(54-43)50(35-12-6-3-7-13-35)42-24-26-44(55-42)52(37-16-10-5-11-17-37)46-28-30-48(53)57-46/h3-32,34,54,57H,1-2H3. The average molecular weight is 842 g/mol. The Bertz CT molecular complexity index is 3410. The first-order chi connectivity index (χ1) is 30.6. The van der Waals surface area contributed by atoms with Crippen LogP contribution in [-0.2, 0) is 9.84 Å². The fourth-order valence-corrected chi connectivity index (χ4v) is 9.98. The maximum atomic E-state index is 14.2. The molecule has 0 amide bonds. The number of hydrogen-bond acceptors (Lipinski definition) is 6. The van der Waals surface area contributed by atoms with Crippen LogP contribution < -0.4 is 0 Å². The molecule has 0 saturated carbocycles. The van der Waals surface area contributed by atoms with Crippen LogP contribution in [0.25, 0.3) is 90.9 Å². The summed E-state index contributed by atoms with van der Waals surface area (Å²) >= 11 is 0. The van der Waals surface area contributed by atoms with E-state index in [0.29, 0.717) is 28.0 Å². The van der Waals surface area contributed by atoms with Gasteiger partial charge in [-0.1, -0.05) is 109 Å². The third-order valence-corrected chi connectivity index (χ3v) is 13.8. The Balaban J connectivity index is 1.32. The van der Waals surface area contributed by atoms with E-state index in [0.717, 1.165) is 66.9 Å². The molecule has 0 spiro atoms. The van der Waals surface area contributed by atoms with Crippen LogP contribution in [0.2, 0.25) is 0 Å². The molecule has 10 heteroatoms. The first-order valence-electron chi connectivity index (χ1n) is 20.6. The Morgan fingerprint density at radius 3 is 1.27 bits per heavy atom. The van der Waals surface area contributed by atoms with E-state index < -0.39 is 20.0 Å². The molecule has 5 heterocycles. The number of rotatable bonds is 8. The second-order valence-electron chi connectivity index (χ2n) is 15.6. The highest BCUT2D eigenvalue weighted by Crippen LogP contribution is 2.41. The van der Waals surface area contributed by atoms with Gasteiger partial charge in [-0.3, -0.25) is 10.1 Å². The highest BCUT2D eigenvalue weighted by atomic mass is 32.2. The largest absolute Gasteiger partial charge is 0.354 e. The Kier molecular flexibility index (Phi) is 9.85. The summed E-state index contributed by atoms with van der Waals surface area (Å²) in [5.41, 5.74) is 13.5. The normalized spacial score (nSPS) is 12.7. The lowest BCUT2D eigenvalue weighted by Gasteiger charge is -2.16. The minimum Gasteiger partial charge on any atom is -0.354 e. The predicted molar refractivity (Wildman–Crippen MR) is 254 cm³/mol. The van der Waals surface area contributed by atoms with Crippen molar-refractivity contribution in [3.05, 3.63) is 202 Å². The van der Waals surface area contributed by atoms with E-state index in [2.05, 4.69) is 64.6 Å². The number of nitro benzene ring substituents is 1. The molecular weight excluding hydrogens is 803 g/mol. The summed E-state index contributed by atoms with van der Waals surface area (Å²) in [4.78, 5) is 30.3. The number of aromatic nitrogens is 4. The summed E-state index contributed by atoms with van der Waals surface area (Å²) in [6.07, 6.45) is 8.01. The van der Waals surface area contributed by atoms with Gasteiger partial charge in [0, 0.05) is 56.0 Å². The average Bonchev–Trinajstić information content (AvgIpc) is 4.16. The number of fused-ring (bicyclic) bond motifs is 8. The molecular formula is C53H39N5O4S. The van der Waals surface area contributed by atoms with Gasteiger partial charge in [-0.15, -0.1) is 0 Å². The molecule has 1 atom stereocenters. The Morgan fingerprint density at radius 2 is 0.889 bits per heavy atom. The molecule has 8 aromatic rings. The van der Waals surface area contributed by atoms with E-state index in [1.807, 2.05) is 91.9 Å². The van der Waals surface area contributed by atoms with Gasteiger partial charge >= 0.3 is 0 Å². The number of aromatic amines is 2. The fourth-order valence-electron chi connectivity index (χ4n) is 8.54. The lowest BCUT2D eigenvalue weighted by molar-refractivity contribution is -0.385. The Hall–Kier alpha value is -7.95. The van der Waals surface area contributed by atoms with Crippen molar-refractivity contribution in [1.29, 1.82) is 0 Å². The minimum absolute atomic E-state index is 0.0715. The SMILES string of the molecule is Cc1ccc(S(=O)(=O)C(C)c2cc(-c3c4nc(c(-c5ccccc5)c5ccc([nH]5)c(-c5ccccc5)c5nc(c(-c6ccccc6)c6ccc3[nH]6)C=C5)C=C4)ccc2[N+](=O)[O-])cc1. The van der Waals surface area contributed by atoms with Crippen molar-refractivity contribution in [1.82, 2.24) is 19.9 Å². The molecule has 3 aromatic heterocycles. The third kappa shape index (κ3) is 7.16. The Morgan fingerprint density at radius 1 is 0.508 bits per heavy atom. The zero-order valence-electron chi connectivity index (χ0n) is 34.3. The second-order valence-corrected chi connectivity index (χ2v) is 17.9. The third-order valence-electron chi connectivity index (χ3n) is 11.7. The number of benzene rings is 5. The van der Waals surface area contributed by atoms with Crippen LogP contribution in [0.5, 0.6) is 0 Å².